The number of nitrogen functional groups attached to an aromatic ring is 1. The van der Waals surface area contributed by atoms with Gasteiger partial charge in [0, 0.05) is 12.3 Å². The zero-order chi connectivity index (χ0) is 16.2. The average molecular weight is 305 g/mol. The quantitative estimate of drug-likeness (QED) is 0.770. The van der Waals surface area contributed by atoms with Gasteiger partial charge in [0.1, 0.15) is 0 Å². The number of hydrogen-bond donors (Lipinski definition) is 2. The van der Waals surface area contributed by atoms with Crippen molar-refractivity contribution in [2.45, 2.75) is 6.18 Å². The Labute approximate surface area is 115 Å². The first-order valence-corrected chi connectivity index (χ1v) is 5.29. The van der Waals surface area contributed by atoms with E-state index in [-0.39, 0.29) is 5.69 Å². The number of fused-ring (bicyclic) bond motifs is 1. The van der Waals surface area contributed by atoms with Crippen LogP contribution < -0.4 is 5.73 Å². The predicted molar refractivity (Wildman–Crippen MR) is 64.6 cm³/mol. The first kappa shape index (κ1) is 16.3. The van der Waals surface area contributed by atoms with Crippen LogP contribution >= 0.6 is 0 Å². The van der Waals surface area contributed by atoms with Crippen molar-refractivity contribution in [2.75, 3.05) is 12.8 Å². The van der Waals surface area contributed by atoms with Gasteiger partial charge in [-0.15, -0.1) is 0 Å². The van der Waals surface area contributed by atoms with E-state index in [1.165, 1.54) is 7.11 Å². The van der Waals surface area contributed by atoms with E-state index < -0.39 is 18.1 Å². The van der Waals surface area contributed by atoms with Gasteiger partial charge < -0.3 is 15.6 Å². The summed E-state index contributed by atoms with van der Waals surface area (Å²) in [6.45, 7) is 0. The summed E-state index contributed by atoms with van der Waals surface area (Å²) in [4.78, 5) is 20.1. The SMILES string of the molecule is COC(=O)c1cc2c(N)cccn2n1.O=C(O)C(F)(F)F. The summed E-state index contributed by atoms with van der Waals surface area (Å²) in [6, 6.07) is 5.11. The summed E-state index contributed by atoms with van der Waals surface area (Å²) in [5, 5.41) is 11.1. The lowest BCUT2D eigenvalue weighted by atomic mass is 10.3. The first-order valence-electron chi connectivity index (χ1n) is 5.29. The van der Waals surface area contributed by atoms with Crippen molar-refractivity contribution in [2.24, 2.45) is 0 Å². The zero-order valence-electron chi connectivity index (χ0n) is 10.6. The molecule has 114 valence electrons. The van der Waals surface area contributed by atoms with Gasteiger partial charge in [-0.05, 0) is 12.1 Å². The standard InChI is InChI=1S/C9H9N3O2.C2HF3O2/c1-14-9(13)7-5-8-6(10)3-2-4-12(8)11-7;3-2(4,5)1(6)7/h2-5H,10H2,1H3;(H,6,7). The summed E-state index contributed by atoms with van der Waals surface area (Å²) in [5.74, 6) is -3.22. The van der Waals surface area contributed by atoms with Gasteiger partial charge in [0.15, 0.2) is 5.69 Å². The second-order valence-electron chi connectivity index (χ2n) is 3.62. The lowest BCUT2D eigenvalue weighted by Crippen LogP contribution is -2.21. The topological polar surface area (TPSA) is 107 Å². The van der Waals surface area contributed by atoms with E-state index in [0.29, 0.717) is 11.2 Å². The van der Waals surface area contributed by atoms with Gasteiger partial charge in [0.2, 0.25) is 0 Å². The van der Waals surface area contributed by atoms with Crippen LogP contribution in [0.1, 0.15) is 10.5 Å². The number of rotatable bonds is 1. The van der Waals surface area contributed by atoms with E-state index in [1.807, 2.05) is 0 Å². The molecule has 2 rings (SSSR count). The maximum absolute atomic E-state index is 11.2. The fourth-order valence-electron chi connectivity index (χ4n) is 1.24. The molecule has 0 amide bonds. The molecule has 0 radical (unpaired) electrons. The smallest absolute Gasteiger partial charge is 0.475 e. The van der Waals surface area contributed by atoms with Crippen molar-refractivity contribution in [1.82, 2.24) is 9.61 Å². The summed E-state index contributed by atoms with van der Waals surface area (Å²) < 4.78 is 37.8. The number of hydrogen-bond acceptors (Lipinski definition) is 5. The molecule has 2 aromatic heterocycles. The molecular formula is C11H10F3N3O4. The molecule has 2 aromatic rings. The highest BCUT2D eigenvalue weighted by Crippen LogP contribution is 2.14. The highest BCUT2D eigenvalue weighted by molar-refractivity contribution is 5.90. The molecule has 0 atom stereocenters. The van der Waals surface area contributed by atoms with E-state index in [2.05, 4.69) is 9.84 Å². The van der Waals surface area contributed by atoms with Crippen molar-refractivity contribution >= 4 is 23.1 Å². The van der Waals surface area contributed by atoms with Crippen LogP contribution in [0.25, 0.3) is 5.52 Å². The molecule has 3 N–H and O–H groups in total. The molecule has 21 heavy (non-hydrogen) atoms. The van der Waals surface area contributed by atoms with Crippen LogP contribution in [0.15, 0.2) is 24.4 Å². The largest absolute Gasteiger partial charge is 0.490 e. The molecule has 0 saturated carbocycles. The van der Waals surface area contributed by atoms with Crippen molar-refractivity contribution in [3.63, 3.8) is 0 Å². The number of anilines is 1. The second kappa shape index (κ2) is 6.11. The van der Waals surface area contributed by atoms with E-state index >= 15 is 0 Å². The van der Waals surface area contributed by atoms with Crippen molar-refractivity contribution in [3.8, 4) is 0 Å². The number of halogens is 3. The third kappa shape index (κ3) is 4.09. The third-order valence-electron chi connectivity index (χ3n) is 2.17. The van der Waals surface area contributed by atoms with Crippen LogP contribution in [0.4, 0.5) is 18.9 Å². The third-order valence-corrected chi connectivity index (χ3v) is 2.17. The second-order valence-corrected chi connectivity index (χ2v) is 3.62. The summed E-state index contributed by atoms with van der Waals surface area (Å²) in [7, 11) is 1.32. The van der Waals surface area contributed by atoms with Gasteiger partial charge in [0.05, 0.1) is 18.3 Å². The number of carboxylic acid groups (broad SMARTS) is 1. The van der Waals surface area contributed by atoms with Crippen LogP contribution in [-0.2, 0) is 9.53 Å². The zero-order valence-corrected chi connectivity index (χ0v) is 10.6. The number of carbonyl (C=O) groups excluding carboxylic acids is 1. The molecule has 7 nitrogen and oxygen atoms in total. The molecular weight excluding hydrogens is 295 g/mol. The van der Waals surface area contributed by atoms with Crippen LogP contribution in [0, 0.1) is 0 Å². The summed E-state index contributed by atoms with van der Waals surface area (Å²) in [6.07, 6.45) is -3.36. The molecule has 0 aliphatic rings. The number of esters is 1. The Morgan fingerprint density at radius 1 is 1.43 bits per heavy atom. The van der Waals surface area contributed by atoms with Crippen LogP contribution in [0.3, 0.4) is 0 Å². The molecule has 0 spiro atoms. The van der Waals surface area contributed by atoms with Gasteiger partial charge in [0.25, 0.3) is 0 Å². The average Bonchev–Trinajstić information content (AvgIpc) is 2.83. The van der Waals surface area contributed by atoms with Crippen molar-refractivity contribution in [1.29, 1.82) is 0 Å². The number of alkyl halides is 3. The molecule has 2 heterocycles. The molecule has 0 saturated heterocycles. The fourth-order valence-corrected chi connectivity index (χ4v) is 1.24. The molecule has 0 fully saturated rings. The van der Waals surface area contributed by atoms with E-state index in [4.69, 9.17) is 15.6 Å². The van der Waals surface area contributed by atoms with Crippen LogP contribution in [-0.4, -0.2) is 39.9 Å². The molecule has 0 aliphatic heterocycles. The fraction of sp³-hybridized carbons (Fsp3) is 0.182. The first-order chi connectivity index (χ1) is 9.66. The van der Waals surface area contributed by atoms with E-state index in [1.54, 1.807) is 28.9 Å². The number of nitrogens with two attached hydrogens (primary N) is 1. The normalized spacial score (nSPS) is 10.7. The maximum atomic E-state index is 11.2. The number of nitrogens with zero attached hydrogens (tertiary/aromatic N) is 2. The Kier molecular flexibility index (Phi) is 4.74. The van der Waals surface area contributed by atoms with Crippen LogP contribution in [0.5, 0.6) is 0 Å². The maximum Gasteiger partial charge on any atom is 0.490 e. The number of pyridine rings is 1. The molecule has 0 aromatic carbocycles. The number of carboxylic acids is 1. The number of aromatic nitrogens is 2. The highest BCUT2D eigenvalue weighted by atomic mass is 19.4. The van der Waals surface area contributed by atoms with Crippen molar-refractivity contribution < 1.29 is 32.6 Å². The molecule has 0 aliphatic carbocycles. The predicted octanol–water partition coefficient (Wildman–Crippen LogP) is 1.34. The van der Waals surface area contributed by atoms with Crippen molar-refractivity contribution in [3.05, 3.63) is 30.1 Å². The summed E-state index contributed by atoms with van der Waals surface area (Å²) in [5.41, 5.74) is 7.23. The van der Waals surface area contributed by atoms with Gasteiger partial charge >= 0.3 is 18.1 Å². The minimum absolute atomic E-state index is 0.255. The van der Waals surface area contributed by atoms with Gasteiger partial charge in [-0.25, -0.2) is 14.1 Å². The molecule has 10 heteroatoms. The highest BCUT2D eigenvalue weighted by Gasteiger charge is 2.38. The Hall–Kier alpha value is -2.78. The molecule has 0 bridgehead atoms. The number of methoxy groups -OCH3 is 1. The van der Waals surface area contributed by atoms with Crippen LogP contribution in [0.2, 0.25) is 0 Å². The Morgan fingerprint density at radius 3 is 2.43 bits per heavy atom. The Morgan fingerprint density at radius 2 is 2.00 bits per heavy atom. The number of aliphatic carboxylic acids is 1. The lowest BCUT2D eigenvalue weighted by Gasteiger charge is -1.94. The van der Waals surface area contributed by atoms with E-state index in [0.717, 1.165) is 0 Å². The number of carbonyl (C=O) groups is 2. The lowest BCUT2D eigenvalue weighted by molar-refractivity contribution is -0.192. The van der Waals surface area contributed by atoms with Gasteiger partial charge in [-0.2, -0.15) is 18.3 Å². The van der Waals surface area contributed by atoms with Gasteiger partial charge in [-0.3, -0.25) is 0 Å². The number of ether oxygens (including phenoxy) is 1. The minimum Gasteiger partial charge on any atom is -0.475 e. The monoisotopic (exact) mass is 305 g/mol. The Bertz CT molecular complexity index is 666. The Balaban J connectivity index is 0.000000270. The minimum atomic E-state index is -5.08. The van der Waals surface area contributed by atoms with Gasteiger partial charge in [-0.1, -0.05) is 0 Å². The summed E-state index contributed by atoms with van der Waals surface area (Å²) >= 11 is 0. The van der Waals surface area contributed by atoms with E-state index in [9.17, 15) is 18.0 Å². The molecule has 0 unspecified atom stereocenters.